The van der Waals surface area contributed by atoms with Gasteiger partial charge < -0.3 is 0 Å². The zero-order valence-corrected chi connectivity index (χ0v) is 4.25. The molecule has 1 unspecified atom stereocenters. The lowest BCUT2D eigenvalue weighted by Gasteiger charge is -1.02. The van der Waals surface area contributed by atoms with Crippen LogP contribution in [0.25, 0.3) is 0 Å². The molecule has 26 valence electrons. The van der Waals surface area contributed by atoms with Crippen LogP contribution in [0.15, 0.2) is 0 Å². The van der Waals surface area contributed by atoms with Crippen LogP contribution in [0.1, 0.15) is 0 Å². The van der Waals surface area contributed by atoms with Gasteiger partial charge in [0.25, 0.3) is 0 Å². The van der Waals surface area contributed by atoms with Gasteiger partial charge in [-0.2, -0.15) is 14.1 Å². The van der Waals surface area contributed by atoms with E-state index in [1.165, 1.54) is 0 Å². The van der Waals surface area contributed by atoms with Gasteiger partial charge in [-0.15, -0.1) is 0 Å². The summed E-state index contributed by atoms with van der Waals surface area (Å²) < 4.78 is 14.1. The Labute approximate surface area is 31.3 Å². The summed E-state index contributed by atoms with van der Waals surface area (Å²) in [5.41, 5.74) is 0. The molecule has 4 heavy (non-hydrogen) atoms. The lowest BCUT2D eigenvalue weighted by Crippen LogP contribution is -1.09. The van der Waals surface area contributed by atoms with Crippen molar-refractivity contribution in [1.82, 2.24) is 0 Å². The van der Waals surface area contributed by atoms with Crippen LogP contribution in [-0.2, 0) is 11.5 Å². The molecule has 0 aromatic heterocycles. The molecule has 0 amide bonds. The Morgan fingerprint density at radius 3 is 1.75 bits per heavy atom. The molecule has 2 nitrogen and oxygen atoms in total. The lowest BCUT2D eigenvalue weighted by atomic mass is 14.0. The summed E-state index contributed by atoms with van der Waals surface area (Å²) in [6.45, 7) is 0. The van der Waals surface area contributed by atoms with Crippen molar-refractivity contribution in [2.24, 2.45) is 0 Å². The summed E-state index contributed by atoms with van der Waals surface area (Å²) in [7, 11) is 0. The summed E-state index contributed by atoms with van der Waals surface area (Å²) in [5, 5.41) is 0. The van der Waals surface area contributed by atoms with E-state index in [0.29, 0.717) is 0 Å². The molecule has 0 fully saturated rings. The highest BCUT2D eigenvalue weighted by atomic mass is 32.1. The molecule has 1 N–H and O–H groups in total. The predicted molar refractivity (Wildman–Crippen MR) is 22.0 cm³/mol. The van der Waals surface area contributed by atoms with Gasteiger partial charge in [0.1, 0.15) is 0 Å². The summed E-state index contributed by atoms with van der Waals surface area (Å²) >= 11 is -0.250. The average Bonchev–Trinajstić information content (AvgIpc) is 0.918. The molecule has 4 heteroatoms. The van der Waals surface area contributed by atoms with Gasteiger partial charge in [-0.05, 0) is 0 Å². The maximum atomic E-state index is 8.51. The Kier molecular flexibility index (Phi) is 23.3. The Morgan fingerprint density at radius 2 is 1.75 bits per heavy atom. The van der Waals surface area contributed by atoms with Crippen LogP contribution >= 0.6 is 9.90 Å². The molecule has 0 aliphatic heterocycles. The van der Waals surface area contributed by atoms with E-state index in [1.54, 1.807) is 0 Å². The highest BCUT2D eigenvalue weighted by Crippen LogP contribution is 0.958. The molecular weight excluding hydrogens is 93.0 g/mol. The highest BCUT2D eigenvalue weighted by Gasteiger charge is 1.02. The summed E-state index contributed by atoms with van der Waals surface area (Å²) in [4.78, 5) is 0. The van der Waals surface area contributed by atoms with E-state index in [1.807, 2.05) is 0 Å². The van der Waals surface area contributed by atoms with Crippen LogP contribution in [0, 0.1) is 4.78 Å². The second kappa shape index (κ2) is 10.5. The van der Waals surface area contributed by atoms with Gasteiger partial charge in [0.2, 0.25) is 0 Å². The van der Waals surface area contributed by atoms with Gasteiger partial charge in [-0.3, -0.25) is 0 Å². The highest BCUT2D eigenvalue weighted by molar-refractivity contribution is 7.53. The molecule has 0 saturated heterocycles. The Balaban J connectivity index is 0. The van der Waals surface area contributed by atoms with E-state index in [4.69, 9.17) is 8.99 Å². The van der Waals surface area contributed by atoms with E-state index in [-0.39, 0.29) is 21.4 Å². The number of hydrogen-bond acceptors (Lipinski definition) is 2. The minimum Gasteiger partial charge on any atom is -0.210 e. The van der Waals surface area contributed by atoms with Crippen molar-refractivity contribution in [3.05, 3.63) is 0 Å². The average molecular weight is 97.1 g/mol. The Hall–Kier alpha value is 0.250. The van der Waals surface area contributed by atoms with Crippen LogP contribution < -0.4 is 0 Å². The van der Waals surface area contributed by atoms with Crippen molar-refractivity contribution in [2.45, 2.75) is 0 Å². The van der Waals surface area contributed by atoms with Crippen molar-refractivity contribution < 1.29 is 4.21 Å². The molecule has 0 aliphatic carbocycles. The van der Waals surface area contributed by atoms with Crippen LogP contribution in [0.3, 0.4) is 0 Å². The van der Waals surface area contributed by atoms with Crippen molar-refractivity contribution >= 4 is 21.4 Å². The molecule has 0 spiro atoms. The SMILES string of the molecule is N=S=O.P. The van der Waals surface area contributed by atoms with Crippen LogP contribution in [0.4, 0.5) is 0 Å². The fraction of sp³-hybridized carbons (Fsp3) is 0. The number of rotatable bonds is 0. The predicted octanol–water partition coefficient (Wildman–Crippen LogP) is 0.0199. The first kappa shape index (κ1) is 8.87. The molecule has 1 atom stereocenters. The van der Waals surface area contributed by atoms with E-state index >= 15 is 0 Å². The largest absolute Gasteiger partial charge is 0.210 e. The van der Waals surface area contributed by atoms with Gasteiger partial charge in [-0.1, -0.05) is 0 Å². The van der Waals surface area contributed by atoms with Crippen molar-refractivity contribution in [3.8, 4) is 0 Å². The van der Waals surface area contributed by atoms with Gasteiger partial charge in [-0.25, -0.2) is 4.78 Å². The first-order valence-corrected chi connectivity index (χ1v) is 1.11. The third-order valence-corrected chi connectivity index (χ3v) is 0. The fourth-order valence-electron chi connectivity index (χ4n) is 0. The lowest BCUT2D eigenvalue weighted by molar-refractivity contribution is 0.697. The molecule has 0 saturated carbocycles. The Morgan fingerprint density at radius 1 is 1.75 bits per heavy atom. The quantitative estimate of drug-likeness (QED) is 0.425. The summed E-state index contributed by atoms with van der Waals surface area (Å²) in [6.07, 6.45) is 0. The van der Waals surface area contributed by atoms with Crippen LogP contribution in [0.5, 0.6) is 0 Å². The second-order valence-electron chi connectivity index (χ2n) is 0.0833. The molecule has 0 aliphatic rings. The smallest absolute Gasteiger partial charge is 0.196 e. The molecule has 0 aromatic rings. The van der Waals surface area contributed by atoms with Crippen molar-refractivity contribution in [3.63, 3.8) is 0 Å². The van der Waals surface area contributed by atoms with E-state index in [0.717, 1.165) is 0 Å². The summed E-state index contributed by atoms with van der Waals surface area (Å²) in [6, 6.07) is 0. The summed E-state index contributed by atoms with van der Waals surface area (Å²) in [5.74, 6) is 0. The Bertz CT molecular complexity index is 29.0. The van der Waals surface area contributed by atoms with Crippen LogP contribution in [-0.4, -0.2) is 4.21 Å². The number of nitrogens with one attached hydrogen (secondary N) is 1. The zero-order chi connectivity index (χ0) is 2.71. The zero-order valence-electron chi connectivity index (χ0n) is 2.02. The van der Waals surface area contributed by atoms with E-state index < -0.39 is 0 Å². The monoisotopic (exact) mass is 97.0 g/mol. The van der Waals surface area contributed by atoms with Crippen LogP contribution in [0.2, 0.25) is 0 Å². The van der Waals surface area contributed by atoms with Gasteiger partial charge in [0, 0.05) is 0 Å². The second-order valence-corrected chi connectivity index (χ2v) is 0.250. The van der Waals surface area contributed by atoms with Crippen molar-refractivity contribution in [1.29, 1.82) is 4.78 Å². The molecule has 0 rings (SSSR count). The maximum absolute atomic E-state index is 8.51. The first-order valence-electron chi connectivity index (χ1n) is 0.371. The maximum Gasteiger partial charge on any atom is 0.196 e. The molecule has 0 heterocycles. The van der Waals surface area contributed by atoms with Gasteiger partial charge in [0.05, 0.1) is 0 Å². The molecule has 0 aromatic carbocycles. The molecule has 0 radical (unpaired) electrons. The van der Waals surface area contributed by atoms with Crippen molar-refractivity contribution in [2.75, 3.05) is 0 Å². The standard InChI is InChI=1S/HNOS.H3P/c1-3-2;/h1H;1H3. The first-order chi connectivity index (χ1) is 1.41. The van der Waals surface area contributed by atoms with E-state index in [2.05, 4.69) is 0 Å². The number of hydrogen-bond donors (Lipinski definition) is 1. The van der Waals surface area contributed by atoms with Gasteiger partial charge >= 0.3 is 0 Å². The fourth-order valence-corrected chi connectivity index (χ4v) is 0. The minimum atomic E-state index is -0.250. The topological polar surface area (TPSA) is 40.9 Å². The normalized spacial score (nSPS) is 3.00. The minimum absolute atomic E-state index is 0. The third kappa shape index (κ3) is 56.3. The third-order valence-electron chi connectivity index (χ3n) is 0. The van der Waals surface area contributed by atoms with E-state index in [9.17, 15) is 0 Å². The molecular formula is H4NOPS. The molecule has 0 bridgehead atoms. The van der Waals surface area contributed by atoms with Gasteiger partial charge in [0.15, 0.2) is 11.5 Å².